The molecule has 0 aliphatic carbocycles. The first kappa shape index (κ1) is 15.7. The molecule has 0 radical (unpaired) electrons. The number of hydrogen-bond donors (Lipinski definition) is 1. The lowest BCUT2D eigenvalue weighted by Crippen LogP contribution is -2.14. The lowest BCUT2D eigenvalue weighted by Gasteiger charge is -2.11. The van der Waals surface area contributed by atoms with E-state index in [9.17, 15) is 4.39 Å². The number of ether oxygens (including phenoxy) is 1. The second-order valence-electron chi connectivity index (χ2n) is 5.09. The van der Waals surface area contributed by atoms with Gasteiger partial charge in [-0.1, -0.05) is 36.4 Å². The molecule has 0 saturated heterocycles. The molecule has 0 heterocycles. The van der Waals surface area contributed by atoms with Gasteiger partial charge in [0.1, 0.15) is 5.82 Å². The van der Waals surface area contributed by atoms with E-state index < -0.39 is 0 Å². The third kappa shape index (κ3) is 4.66. The van der Waals surface area contributed by atoms with Crippen LogP contribution < -0.4 is 5.32 Å². The highest BCUT2D eigenvalue weighted by Gasteiger charge is 2.03. The minimum atomic E-state index is -0.147. The predicted molar refractivity (Wildman–Crippen MR) is 83.5 cm³/mol. The van der Waals surface area contributed by atoms with Crippen molar-refractivity contribution >= 4 is 0 Å². The maximum Gasteiger partial charge on any atom is 0.126 e. The molecule has 0 aliphatic heterocycles. The first-order valence-corrected chi connectivity index (χ1v) is 7.31. The van der Waals surface area contributed by atoms with Crippen LogP contribution in [0.3, 0.4) is 0 Å². The molecule has 0 bridgehead atoms. The molecule has 0 saturated carbocycles. The lowest BCUT2D eigenvalue weighted by atomic mass is 10.1. The standard InChI is InChI=1S/C18H22FNO/c1-3-21-13-17-7-5-4-6-16(17)12-20-11-15-9-8-14(2)18(19)10-15/h4-10,20H,3,11-13H2,1-2H3. The first-order valence-electron chi connectivity index (χ1n) is 7.31. The summed E-state index contributed by atoms with van der Waals surface area (Å²) < 4.78 is 19.0. The van der Waals surface area contributed by atoms with Gasteiger partial charge < -0.3 is 10.1 Å². The largest absolute Gasteiger partial charge is 0.377 e. The topological polar surface area (TPSA) is 21.3 Å². The Morgan fingerprint density at radius 3 is 2.52 bits per heavy atom. The smallest absolute Gasteiger partial charge is 0.126 e. The minimum Gasteiger partial charge on any atom is -0.377 e. The maximum atomic E-state index is 13.5. The van der Waals surface area contributed by atoms with Gasteiger partial charge in [-0.05, 0) is 42.2 Å². The van der Waals surface area contributed by atoms with E-state index in [1.807, 2.05) is 31.2 Å². The Balaban J connectivity index is 1.92. The van der Waals surface area contributed by atoms with E-state index in [1.165, 1.54) is 11.1 Å². The highest BCUT2D eigenvalue weighted by molar-refractivity contribution is 5.27. The summed E-state index contributed by atoms with van der Waals surface area (Å²) >= 11 is 0. The summed E-state index contributed by atoms with van der Waals surface area (Å²) in [5.41, 5.74) is 4.06. The van der Waals surface area contributed by atoms with Gasteiger partial charge in [-0.25, -0.2) is 4.39 Å². The van der Waals surface area contributed by atoms with Crippen molar-refractivity contribution in [1.29, 1.82) is 0 Å². The average molecular weight is 287 g/mol. The van der Waals surface area contributed by atoms with Crippen LogP contribution in [0.15, 0.2) is 42.5 Å². The molecule has 2 aromatic rings. The van der Waals surface area contributed by atoms with Crippen molar-refractivity contribution < 1.29 is 9.13 Å². The van der Waals surface area contributed by atoms with Crippen molar-refractivity contribution in [1.82, 2.24) is 5.32 Å². The fourth-order valence-corrected chi connectivity index (χ4v) is 2.17. The molecule has 0 atom stereocenters. The quantitative estimate of drug-likeness (QED) is 0.832. The molecule has 1 N–H and O–H groups in total. The van der Waals surface area contributed by atoms with Gasteiger partial charge in [-0.15, -0.1) is 0 Å². The van der Waals surface area contributed by atoms with Gasteiger partial charge in [0.05, 0.1) is 6.61 Å². The number of aryl methyl sites for hydroxylation is 1. The monoisotopic (exact) mass is 287 g/mol. The molecule has 3 heteroatoms. The number of benzene rings is 2. The van der Waals surface area contributed by atoms with Crippen LogP contribution in [0, 0.1) is 12.7 Å². The second-order valence-corrected chi connectivity index (χ2v) is 5.09. The van der Waals surface area contributed by atoms with E-state index in [1.54, 1.807) is 13.0 Å². The van der Waals surface area contributed by atoms with E-state index in [2.05, 4.69) is 17.4 Å². The average Bonchev–Trinajstić information content (AvgIpc) is 2.50. The third-order valence-corrected chi connectivity index (χ3v) is 3.46. The summed E-state index contributed by atoms with van der Waals surface area (Å²) in [7, 11) is 0. The van der Waals surface area contributed by atoms with Crippen molar-refractivity contribution in [3.8, 4) is 0 Å². The van der Waals surface area contributed by atoms with Gasteiger partial charge in [0.2, 0.25) is 0 Å². The van der Waals surface area contributed by atoms with Crippen LogP contribution in [0.4, 0.5) is 4.39 Å². The fraction of sp³-hybridized carbons (Fsp3) is 0.333. The Kier molecular flexibility index (Phi) is 5.90. The SMILES string of the molecule is CCOCc1ccccc1CNCc1ccc(C)c(F)c1. The zero-order valence-electron chi connectivity index (χ0n) is 12.7. The highest BCUT2D eigenvalue weighted by atomic mass is 19.1. The summed E-state index contributed by atoms with van der Waals surface area (Å²) in [6.07, 6.45) is 0. The molecular weight excluding hydrogens is 265 g/mol. The van der Waals surface area contributed by atoms with Crippen LogP contribution in [0.2, 0.25) is 0 Å². The van der Waals surface area contributed by atoms with Gasteiger partial charge in [0.25, 0.3) is 0 Å². The second kappa shape index (κ2) is 7.91. The molecule has 0 unspecified atom stereocenters. The van der Waals surface area contributed by atoms with E-state index >= 15 is 0 Å². The number of hydrogen-bond acceptors (Lipinski definition) is 2. The molecule has 0 spiro atoms. The number of rotatable bonds is 7. The molecule has 0 amide bonds. The number of nitrogens with one attached hydrogen (secondary N) is 1. The van der Waals surface area contributed by atoms with Crippen LogP contribution in [0.25, 0.3) is 0 Å². The Hall–Kier alpha value is -1.71. The Bertz CT molecular complexity index is 583. The highest BCUT2D eigenvalue weighted by Crippen LogP contribution is 2.12. The predicted octanol–water partition coefficient (Wildman–Crippen LogP) is 3.96. The van der Waals surface area contributed by atoms with Gasteiger partial charge in [0.15, 0.2) is 0 Å². The summed E-state index contributed by atoms with van der Waals surface area (Å²) in [5.74, 6) is -0.147. The molecule has 2 aromatic carbocycles. The maximum absolute atomic E-state index is 13.5. The molecule has 112 valence electrons. The molecule has 2 nitrogen and oxygen atoms in total. The fourth-order valence-electron chi connectivity index (χ4n) is 2.17. The van der Waals surface area contributed by atoms with Crippen molar-refractivity contribution in [2.75, 3.05) is 6.61 Å². The molecular formula is C18H22FNO. The Morgan fingerprint density at radius 2 is 1.81 bits per heavy atom. The van der Waals surface area contributed by atoms with Crippen molar-refractivity contribution in [2.24, 2.45) is 0 Å². The van der Waals surface area contributed by atoms with Crippen LogP contribution >= 0.6 is 0 Å². The Labute approximate surface area is 126 Å². The number of halogens is 1. The van der Waals surface area contributed by atoms with Crippen LogP contribution in [0.1, 0.15) is 29.2 Å². The van der Waals surface area contributed by atoms with Gasteiger partial charge in [0, 0.05) is 19.7 Å². The molecule has 21 heavy (non-hydrogen) atoms. The van der Waals surface area contributed by atoms with Crippen LogP contribution in [-0.2, 0) is 24.4 Å². The Morgan fingerprint density at radius 1 is 1.05 bits per heavy atom. The molecule has 0 fully saturated rings. The van der Waals surface area contributed by atoms with E-state index in [0.717, 1.165) is 12.1 Å². The summed E-state index contributed by atoms with van der Waals surface area (Å²) in [4.78, 5) is 0. The summed E-state index contributed by atoms with van der Waals surface area (Å²) in [6.45, 7) is 6.51. The van der Waals surface area contributed by atoms with Crippen molar-refractivity contribution in [2.45, 2.75) is 33.5 Å². The van der Waals surface area contributed by atoms with Crippen molar-refractivity contribution in [3.05, 3.63) is 70.5 Å². The van der Waals surface area contributed by atoms with E-state index in [0.29, 0.717) is 25.3 Å². The molecule has 2 rings (SSSR count). The third-order valence-electron chi connectivity index (χ3n) is 3.46. The molecule has 0 aromatic heterocycles. The van der Waals surface area contributed by atoms with Crippen molar-refractivity contribution in [3.63, 3.8) is 0 Å². The molecule has 0 aliphatic rings. The summed E-state index contributed by atoms with van der Waals surface area (Å²) in [6, 6.07) is 13.6. The van der Waals surface area contributed by atoms with E-state index in [4.69, 9.17) is 4.74 Å². The van der Waals surface area contributed by atoms with Gasteiger partial charge >= 0.3 is 0 Å². The normalized spacial score (nSPS) is 10.8. The minimum absolute atomic E-state index is 0.147. The van der Waals surface area contributed by atoms with Crippen LogP contribution in [0.5, 0.6) is 0 Å². The summed E-state index contributed by atoms with van der Waals surface area (Å²) in [5, 5.41) is 3.36. The van der Waals surface area contributed by atoms with Gasteiger partial charge in [-0.2, -0.15) is 0 Å². The zero-order chi connectivity index (χ0) is 15.1. The van der Waals surface area contributed by atoms with Gasteiger partial charge in [-0.3, -0.25) is 0 Å². The lowest BCUT2D eigenvalue weighted by molar-refractivity contribution is 0.133. The zero-order valence-corrected chi connectivity index (χ0v) is 12.7. The van der Waals surface area contributed by atoms with E-state index in [-0.39, 0.29) is 5.82 Å². The van der Waals surface area contributed by atoms with Crippen LogP contribution in [-0.4, -0.2) is 6.61 Å². The first-order chi connectivity index (χ1) is 10.2.